The molecule has 0 aliphatic heterocycles. The lowest BCUT2D eigenvalue weighted by molar-refractivity contribution is 0.0282. The van der Waals surface area contributed by atoms with E-state index in [1.807, 2.05) is 0 Å². The minimum Gasteiger partial charge on any atom is -0.375 e. The molecule has 0 amide bonds. The van der Waals surface area contributed by atoms with Crippen LogP contribution in [0.2, 0.25) is 0 Å². The van der Waals surface area contributed by atoms with Crippen LogP contribution >= 0.6 is 0 Å². The van der Waals surface area contributed by atoms with Gasteiger partial charge in [0, 0.05) is 21.3 Å². The van der Waals surface area contributed by atoms with E-state index in [2.05, 4.69) is 13.8 Å². The summed E-state index contributed by atoms with van der Waals surface area (Å²) in [5.41, 5.74) is 0. The van der Waals surface area contributed by atoms with Gasteiger partial charge in [0.15, 0.2) is 0 Å². The molecule has 0 aromatic heterocycles. The molecule has 1 unspecified atom stereocenters. The highest BCUT2D eigenvalue weighted by molar-refractivity contribution is 6.60. The molecule has 0 bridgehead atoms. The summed E-state index contributed by atoms with van der Waals surface area (Å²) in [7, 11) is 2.27. The van der Waals surface area contributed by atoms with Crippen LogP contribution in [-0.4, -0.2) is 42.5 Å². The fraction of sp³-hybridized carbons (Fsp3) is 1.00. The average Bonchev–Trinajstić information content (AvgIpc) is 2.48. The zero-order chi connectivity index (χ0) is 15.3. The van der Waals surface area contributed by atoms with Gasteiger partial charge in [0.2, 0.25) is 0 Å². The Labute approximate surface area is 126 Å². The highest BCUT2D eigenvalue weighted by atomic mass is 28.4. The molecule has 0 aliphatic rings. The van der Waals surface area contributed by atoms with Crippen molar-refractivity contribution >= 4 is 8.80 Å². The SMILES string of the molecule is CCCCCCCCCC(C)OC[Si](OC)(OC)OC. The Bertz CT molecular complexity index is 202. The van der Waals surface area contributed by atoms with E-state index in [9.17, 15) is 0 Å². The Morgan fingerprint density at radius 3 is 1.80 bits per heavy atom. The van der Waals surface area contributed by atoms with Crippen molar-refractivity contribution in [3.63, 3.8) is 0 Å². The van der Waals surface area contributed by atoms with Gasteiger partial charge in [-0.25, -0.2) is 0 Å². The molecule has 0 fully saturated rings. The van der Waals surface area contributed by atoms with Crippen LogP contribution in [0, 0.1) is 0 Å². The summed E-state index contributed by atoms with van der Waals surface area (Å²) in [5.74, 6) is 0. The van der Waals surface area contributed by atoms with Crippen molar-refractivity contribution in [2.24, 2.45) is 0 Å². The maximum atomic E-state index is 5.81. The summed E-state index contributed by atoms with van der Waals surface area (Å²) in [6.07, 6.45) is 11.1. The topological polar surface area (TPSA) is 36.9 Å². The molecular weight excluding hydrogens is 272 g/mol. The third-order valence-corrected chi connectivity index (χ3v) is 6.08. The second-order valence-electron chi connectivity index (χ2n) is 5.33. The first-order valence-corrected chi connectivity index (χ1v) is 9.84. The first-order chi connectivity index (χ1) is 9.64. The van der Waals surface area contributed by atoms with Crippen LogP contribution in [0.1, 0.15) is 65.2 Å². The van der Waals surface area contributed by atoms with Crippen LogP contribution < -0.4 is 0 Å². The third-order valence-electron chi connectivity index (χ3n) is 3.69. The van der Waals surface area contributed by atoms with Gasteiger partial charge in [0.25, 0.3) is 0 Å². The molecule has 0 saturated heterocycles. The minimum atomic E-state index is -2.57. The van der Waals surface area contributed by atoms with Crippen molar-refractivity contribution in [3.8, 4) is 0 Å². The third kappa shape index (κ3) is 9.08. The van der Waals surface area contributed by atoms with Crippen molar-refractivity contribution in [2.75, 3.05) is 27.6 Å². The van der Waals surface area contributed by atoms with Gasteiger partial charge < -0.3 is 18.0 Å². The van der Waals surface area contributed by atoms with Gasteiger partial charge in [0.1, 0.15) is 6.23 Å². The summed E-state index contributed by atoms with van der Waals surface area (Å²) >= 11 is 0. The standard InChI is InChI=1S/C15H34O4Si/c1-6-7-8-9-10-11-12-13-15(2)19-14-20(16-3,17-4)18-5/h15H,6-14H2,1-5H3. The molecule has 4 nitrogen and oxygen atoms in total. The van der Waals surface area contributed by atoms with E-state index in [-0.39, 0.29) is 6.10 Å². The first-order valence-electron chi connectivity index (χ1n) is 7.91. The molecule has 0 radical (unpaired) electrons. The van der Waals surface area contributed by atoms with Crippen LogP contribution in [-0.2, 0) is 18.0 Å². The van der Waals surface area contributed by atoms with E-state index in [4.69, 9.17) is 18.0 Å². The second-order valence-corrected chi connectivity index (χ2v) is 8.21. The van der Waals surface area contributed by atoms with Gasteiger partial charge in [-0.2, -0.15) is 0 Å². The molecule has 5 heteroatoms. The Hall–Kier alpha value is 0.0569. The lowest BCUT2D eigenvalue weighted by atomic mass is 10.1. The molecule has 20 heavy (non-hydrogen) atoms. The van der Waals surface area contributed by atoms with Gasteiger partial charge >= 0.3 is 8.80 Å². The van der Waals surface area contributed by atoms with Crippen LogP contribution in [0.5, 0.6) is 0 Å². The number of unbranched alkanes of at least 4 members (excludes halogenated alkanes) is 6. The summed E-state index contributed by atoms with van der Waals surface area (Å²) in [6.45, 7) is 4.36. The Morgan fingerprint density at radius 1 is 0.800 bits per heavy atom. The summed E-state index contributed by atoms with van der Waals surface area (Å²) in [6, 6.07) is 0. The zero-order valence-electron chi connectivity index (χ0n) is 14.1. The molecule has 0 rings (SSSR count). The molecule has 0 saturated carbocycles. The van der Waals surface area contributed by atoms with Crippen molar-refractivity contribution in [3.05, 3.63) is 0 Å². The van der Waals surface area contributed by atoms with Crippen molar-refractivity contribution in [2.45, 2.75) is 71.3 Å². The Kier molecular flexibility index (Phi) is 12.8. The minimum absolute atomic E-state index is 0.234. The van der Waals surface area contributed by atoms with E-state index in [0.29, 0.717) is 6.23 Å². The van der Waals surface area contributed by atoms with Crippen LogP contribution in [0.3, 0.4) is 0 Å². The molecule has 0 aromatic carbocycles. The van der Waals surface area contributed by atoms with Crippen LogP contribution in [0.15, 0.2) is 0 Å². The molecule has 1 atom stereocenters. The van der Waals surface area contributed by atoms with E-state index in [1.54, 1.807) is 21.3 Å². The van der Waals surface area contributed by atoms with Crippen molar-refractivity contribution in [1.29, 1.82) is 0 Å². The highest BCUT2D eigenvalue weighted by Crippen LogP contribution is 2.13. The van der Waals surface area contributed by atoms with Gasteiger partial charge in [-0.1, -0.05) is 51.9 Å². The van der Waals surface area contributed by atoms with Gasteiger partial charge in [0.05, 0.1) is 6.10 Å². The van der Waals surface area contributed by atoms with E-state index < -0.39 is 8.80 Å². The Morgan fingerprint density at radius 2 is 1.30 bits per heavy atom. The fourth-order valence-corrected chi connectivity index (χ4v) is 3.49. The van der Waals surface area contributed by atoms with E-state index >= 15 is 0 Å². The number of hydrogen-bond donors (Lipinski definition) is 0. The summed E-state index contributed by atoms with van der Waals surface area (Å²) < 4.78 is 21.8. The van der Waals surface area contributed by atoms with Gasteiger partial charge in [-0.15, -0.1) is 0 Å². The number of hydrogen-bond acceptors (Lipinski definition) is 4. The smallest absolute Gasteiger partial charge is 0.375 e. The second kappa shape index (κ2) is 12.8. The number of rotatable bonds is 14. The quantitative estimate of drug-likeness (QED) is 0.360. The predicted octanol–water partition coefficient (Wildman–Crippen LogP) is 3.95. The predicted molar refractivity (Wildman–Crippen MR) is 84.8 cm³/mol. The van der Waals surface area contributed by atoms with E-state index in [0.717, 1.165) is 6.42 Å². The van der Waals surface area contributed by atoms with E-state index in [1.165, 1.54) is 44.9 Å². The van der Waals surface area contributed by atoms with Gasteiger partial charge in [-0.3, -0.25) is 0 Å². The van der Waals surface area contributed by atoms with Crippen LogP contribution in [0.4, 0.5) is 0 Å². The monoisotopic (exact) mass is 306 g/mol. The lowest BCUT2D eigenvalue weighted by Gasteiger charge is -2.25. The van der Waals surface area contributed by atoms with Gasteiger partial charge in [-0.05, 0) is 13.3 Å². The van der Waals surface area contributed by atoms with Crippen LogP contribution in [0.25, 0.3) is 0 Å². The molecule has 0 heterocycles. The molecule has 0 aliphatic carbocycles. The maximum absolute atomic E-state index is 5.81. The molecule has 0 spiro atoms. The number of ether oxygens (including phenoxy) is 1. The first kappa shape index (κ1) is 20.1. The maximum Gasteiger partial charge on any atom is 0.527 e. The normalized spacial score (nSPS) is 13.7. The summed E-state index contributed by atoms with van der Waals surface area (Å²) in [5, 5.41) is 0. The average molecular weight is 307 g/mol. The largest absolute Gasteiger partial charge is 0.527 e. The lowest BCUT2D eigenvalue weighted by Crippen LogP contribution is -2.48. The fourth-order valence-electron chi connectivity index (χ4n) is 2.14. The Balaban J connectivity index is 3.60. The van der Waals surface area contributed by atoms with Crippen molar-refractivity contribution < 1.29 is 18.0 Å². The molecule has 0 N–H and O–H groups in total. The summed E-state index contributed by atoms with van der Waals surface area (Å²) in [4.78, 5) is 0. The molecular formula is C15H34O4Si. The molecule has 122 valence electrons. The molecule has 0 aromatic rings. The highest BCUT2D eigenvalue weighted by Gasteiger charge is 2.38. The van der Waals surface area contributed by atoms with Crippen molar-refractivity contribution in [1.82, 2.24) is 0 Å². The zero-order valence-corrected chi connectivity index (χ0v) is 15.1.